The summed E-state index contributed by atoms with van der Waals surface area (Å²) in [7, 11) is 0. The maximum atomic E-state index is 13.2. The molecule has 1 saturated heterocycles. The van der Waals surface area contributed by atoms with E-state index in [0.717, 1.165) is 30.5 Å². The molecule has 5 nitrogen and oxygen atoms in total. The molecule has 0 aromatic heterocycles. The first kappa shape index (κ1) is 23.3. The second kappa shape index (κ2) is 9.41. The van der Waals surface area contributed by atoms with Crippen molar-refractivity contribution in [3.05, 3.63) is 65.7 Å². The van der Waals surface area contributed by atoms with Crippen LogP contribution in [-0.4, -0.2) is 41.9 Å². The number of hydrogen-bond donors (Lipinski definition) is 1. The van der Waals surface area contributed by atoms with E-state index < -0.39 is 11.5 Å². The maximum Gasteiger partial charge on any atom is 0.239 e. The zero-order valence-corrected chi connectivity index (χ0v) is 19.1. The summed E-state index contributed by atoms with van der Waals surface area (Å²) in [5.41, 5.74) is 9.04. The summed E-state index contributed by atoms with van der Waals surface area (Å²) in [6.07, 6.45) is 3.02. The van der Waals surface area contributed by atoms with Crippen LogP contribution in [0, 0.1) is 0 Å². The molecular formula is C25H32ClN3O2. The van der Waals surface area contributed by atoms with Gasteiger partial charge in [0.25, 0.3) is 0 Å². The van der Waals surface area contributed by atoms with Crippen LogP contribution in [0.2, 0.25) is 0 Å². The van der Waals surface area contributed by atoms with Gasteiger partial charge in [-0.3, -0.25) is 9.59 Å². The first-order chi connectivity index (χ1) is 14.4. The van der Waals surface area contributed by atoms with E-state index in [1.807, 2.05) is 60.0 Å². The van der Waals surface area contributed by atoms with Crippen molar-refractivity contribution >= 4 is 29.9 Å². The van der Waals surface area contributed by atoms with Gasteiger partial charge in [-0.15, -0.1) is 12.4 Å². The minimum atomic E-state index is -0.497. The van der Waals surface area contributed by atoms with Gasteiger partial charge in [-0.2, -0.15) is 0 Å². The van der Waals surface area contributed by atoms with Crippen LogP contribution in [0.1, 0.15) is 44.2 Å². The fourth-order valence-corrected chi connectivity index (χ4v) is 4.77. The van der Waals surface area contributed by atoms with Crippen molar-refractivity contribution in [2.75, 3.05) is 18.0 Å². The Kier molecular flexibility index (Phi) is 7.07. The average molecular weight is 442 g/mol. The largest absolute Gasteiger partial charge is 0.341 e. The summed E-state index contributed by atoms with van der Waals surface area (Å²) in [5.74, 6) is 0.186. The molecule has 31 heavy (non-hydrogen) atoms. The Morgan fingerprint density at radius 2 is 1.68 bits per heavy atom. The van der Waals surface area contributed by atoms with E-state index in [-0.39, 0.29) is 30.3 Å². The number of amides is 2. The fourth-order valence-electron chi connectivity index (χ4n) is 4.77. The summed E-state index contributed by atoms with van der Waals surface area (Å²) < 4.78 is 0. The van der Waals surface area contributed by atoms with Crippen molar-refractivity contribution in [3.8, 4) is 0 Å². The Morgan fingerprint density at radius 1 is 1.06 bits per heavy atom. The molecule has 2 N–H and O–H groups in total. The van der Waals surface area contributed by atoms with Crippen LogP contribution in [-0.2, 0) is 21.4 Å². The molecule has 2 aliphatic rings. The molecule has 0 aliphatic carbocycles. The molecule has 2 aromatic rings. The second-order valence-corrected chi connectivity index (χ2v) is 9.00. The number of benzene rings is 2. The topological polar surface area (TPSA) is 66.6 Å². The lowest BCUT2D eigenvalue weighted by atomic mass is 9.86. The lowest BCUT2D eigenvalue weighted by molar-refractivity contribution is -0.133. The highest BCUT2D eigenvalue weighted by Crippen LogP contribution is 2.43. The van der Waals surface area contributed by atoms with Crippen LogP contribution >= 0.6 is 12.4 Å². The van der Waals surface area contributed by atoms with E-state index in [2.05, 4.69) is 18.2 Å². The number of para-hydroxylation sites is 1. The Balaban J connectivity index is 0.00000272. The maximum absolute atomic E-state index is 13.2. The fraction of sp³-hybridized carbons (Fsp3) is 0.440. The Bertz CT molecular complexity index is 923. The minimum Gasteiger partial charge on any atom is -0.341 e. The average Bonchev–Trinajstić information content (AvgIpc) is 2.98. The summed E-state index contributed by atoms with van der Waals surface area (Å²) in [4.78, 5) is 29.8. The number of rotatable bonds is 5. The number of piperidine rings is 1. The molecule has 1 fully saturated rings. The molecule has 1 unspecified atom stereocenters. The molecular weight excluding hydrogens is 410 g/mol. The molecule has 166 valence electrons. The lowest BCUT2D eigenvalue weighted by Gasteiger charge is -2.38. The van der Waals surface area contributed by atoms with Crippen molar-refractivity contribution in [2.45, 2.75) is 57.0 Å². The van der Waals surface area contributed by atoms with Gasteiger partial charge in [-0.1, -0.05) is 48.5 Å². The Morgan fingerprint density at radius 3 is 2.35 bits per heavy atom. The van der Waals surface area contributed by atoms with Crippen molar-refractivity contribution in [1.82, 2.24) is 4.90 Å². The van der Waals surface area contributed by atoms with Crippen molar-refractivity contribution < 1.29 is 9.59 Å². The van der Waals surface area contributed by atoms with Gasteiger partial charge in [-0.25, -0.2) is 0 Å². The molecule has 0 radical (unpaired) electrons. The van der Waals surface area contributed by atoms with Gasteiger partial charge in [0.2, 0.25) is 11.8 Å². The molecule has 0 bridgehead atoms. The number of carbonyl (C=O) groups excluding carboxylic acids is 2. The summed E-state index contributed by atoms with van der Waals surface area (Å²) >= 11 is 0. The third-order valence-corrected chi connectivity index (χ3v) is 6.64. The lowest BCUT2D eigenvalue weighted by Crippen LogP contribution is -2.52. The summed E-state index contributed by atoms with van der Waals surface area (Å²) in [6, 6.07) is 17.9. The molecule has 2 amide bonds. The zero-order chi connectivity index (χ0) is 21.3. The van der Waals surface area contributed by atoms with E-state index in [1.54, 1.807) is 0 Å². The quantitative estimate of drug-likeness (QED) is 0.769. The SMILES string of the molecule is CC1(C)C(=O)N(C2CCN(C(=O)C(N)CCc3ccccc3)CC2)c2ccccc21.Cl. The van der Waals surface area contributed by atoms with Gasteiger partial charge >= 0.3 is 0 Å². The number of likely N-dealkylation sites (tertiary alicyclic amines) is 1. The monoisotopic (exact) mass is 441 g/mol. The van der Waals surface area contributed by atoms with Crippen molar-refractivity contribution in [2.24, 2.45) is 5.73 Å². The highest BCUT2D eigenvalue weighted by molar-refractivity contribution is 6.08. The van der Waals surface area contributed by atoms with Gasteiger partial charge in [-0.05, 0) is 56.7 Å². The smallest absolute Gasteiger partial charge is 0.239 e. The van der Waals surface area contributed by atoms with Gasteiger partial charge in [0.15, 0.2) is 0 Å². The molecule has 0 spiro atoms. The number of nitrogens with two attached hydrogens (primary N) is 1. The Hall–Kier alpha value is -2.37. The van der Waals surface area contributed by atoms with Crippen LogP contribution in [0.3, 0.4) is 0 Å². The third-order valence-electron chi connectivity index (χ3n) is 6.64. The number of carbonyl (C=O) groups is 2. The molecule has 2 aromatic carbocycles. The summed E-state index contributed by atoms with van der Waals surface area (Å²) in [6.45, 7) is 5.29. The molecule has 0 saturated carbocycles. The van der Waals surface area contributed by atoms with Crippen LogP contribution in [0.25, 0.3) is 0 Å². The molecule has 6 heteroatoms. The van der Waals surface area contributed by atoms with E-state index >= 15 is 0 Å². The number of nitrogens with zero attached hydrogens (tertiary/aromatic N) is 2. The predicted octanol–water partition coefficient (Wildman–Crippen LogP) is 3.68. The van der Waals surface area contributed by atoms with E-state index in [4.69, 9.17) is 5.73 Å². The van der Waals surface area contributed by atoms with Crippen LogP contribution in [0.15, 0.2) is 54.6 Å². The van der Waals surface area contributed by atoms with Crippen LogP contribution in [0.5, 0.6) is 0 Å². The highest BCUT2D eigenvalue weighted by Gasteiger charge is 2.46. The Labute approximate surface area is 191 Å². The number of aryl methyl sites for hydroxylation is 1. The first-order valence-corrected chi connectivity index (χ1v) is 10.9. The minimum absolute atomic E-state index is 0. The van der Waals surface area contributed by atoms with E-state index in [0.29, 0.717) is 19.5 Å². The molecule has 2 aliphatic heterocycles. The van der Waals surface area contributed by atoms with Gasteiger partial charge in [0.1, 0.15) is 0 Å². The van der Waals surface area contributed by atoms with Gasteiger partial charge < -0.3 is 15.5 Å². The van der Waals surface area contributed by atoms with Gasteiger partial charge in [0.05, 0.1) is 11.5 Å². The number of halogens is 1. The van der Waals surface area contributed by atoms with Gasteiger partial charge in [0, 0.05) is 24.8 Å². The number of hydrogen-bond acceptors (Lipinski definition) is 3. The van der Waals surface area contributed by atoms with Crippen LogP contribution in [0.4, 0.5) is 5.69 Å². The highest BCUT2D eigenvalue weighted by atomic mass is 35.5. The molecule has 4 rings (SSSR count). The zero-order valence-electron chi connectivity index (χ0n) is 18.3. The normalized spacial score (nSPS) is 19.0. The third kappa shape index (κ3) is 4.48. The van der Waals surface area contributed by atoms with E-state index in [9.17, 15) is 9.59 Å². The second-order valence-electron chi connectivity index (χ2n) is 9.00. The van der Waals surface area contributed by atoms with Crippen molar-refractivity contribution in [3.63, 3.8) is 0 Å². The molecule has 1 atom stereocenters. The number of anilines is 1. The van der Waals surface area contributed by atoms with Crippen LogP contribution < -0.4 is 10.6 Å². The van der Waals surface area contributed by atoms with E-state index in [1.165, 1.54) is 5.56 Å². The predicted molar refractivity (Wildman–Crippen MR) is 127 cm³/mol. The summed E-state index contributed by atoms with van der Waals surface area (Å²) in [5, 5.41) is 0. The molecule has 2 heterocycles. The number of fused-ring (bicyclic) bond motifs is 1. The first-order valence-electron chi connectivity index (χ1n) is 10.9. The standard InChI is InChI=1S/C25H31N3O2.ClH/c1-25(2)20-10-6-7-11-22(20)28(24(25)30)19-14-16-27(17-15-19)23(29)21(26)13-12-18-8-4-3-5-9-18;/h3-11,19,21H,12-17,26H2,1-2H3;1H. The van der Waals surface area contributed by atoms with Crippen molar-refractivity contribution in [1.29, 1.82) is 0 Å².